The highest BCUT2D eigenvalue weighted by Crippen LogP contribution is 2.10. The molecular weight excluding hydrogens is 340 g/mol. The Balaban J connectivity index is 2.14. The van der Waals surface area contributed by atoms with Crippen molar-refractivity contribution in [1.82, 2.24) is 9.44 Å². The molecule has 0 atom stereocenters. The van der Waals surface area contributed by atoms with Crippen LogP contribution in [0, 0.1) is 6.92 Å². The third-order valence-electron chi connectivity index (χ3n) is 2.84. The highest BCUT2D eigenvalue weighted by molar-refractivity contribution is 7.91. The van der Waals surface area contributed by atoms with Gasteiger partial charge in [-0.25, -0.2) is 31.1 Å². The van der Waals surface area contributed by atoms with E-state index in [1.807, 2.05) is 0 Å². The summed E-state index contributed by atoms with van der Waals surface area (Å²) in [5.74, 6) is 0. The van der Waals surface area contributed by atoms with Crippen LogP contribution in [0.4, 0.5) is 4.79 Å². The largest absolute Gasteiger partial charge is 0.342 e. The standard InChI is InChI=1S/C14H14N2O5S2/c1-11-7-9-13(10-8-11)23(20,21)16-14(17)15-22(18,19)12-5-3-2-4-6-12/h2-10H,1H3,(H2,15,16,17). The molecule has 122 valence electrons. The van der Waals surface area contributed by atoms with E-state index in [1.54, 1.807) is 34.6 Å². The molecule has 0 spiro atoms. The van der Waals surface area contributed by atoms with Gasteiger partial charge in [-0.1, -0.05) is 35.9 Å². The quantitative estimate of drug-likeness (QED) is 0.862. The second-order valence-electron chi connectivity index (χ2n) is 4.67. The van der Waals surface area contributed by atoms with E-state index in [9.17, 15) is 21.6 Å². The van der Waals surface area contributed by atoms with Gasteiger partial charge in [-0.3, -0.25) is 0 Å². The Morgan fingerprint density at radius 1 is 0.739 bits per heavy atom. The van der Waals surface area contributed by atoms with Crippen LogP contribution >= 0.6 is 0 Å². The van der Waals surface area contributed by atoms with E-state index in [0.29, 0.717) is 0 Å². The molecule has 0 aliphatic carbocycles. The minimum Gasteiger partial charge on any atom is -0.247 e. The van der Waals surface area contributed by atoms with Crippen LogP contribution in [-0.2, 0) is 20.0 Å². The van der Waals surface area contributed by atoms with Gasteiger partial charge in [0.25, 0.3) is 20.0 Å². The molecule has 0 saturated heterocycles. The number of hydrogen-bond acceptors (Lipinski definition) is 5. The van der Waals surface area contributed by atoms with E-state index in [-0.39, 0.29) is 9.79 Å². The fourth-order valence-corrected chi connectivity index (χ4v) is 3.60. The average molecular weight is 354 g/mol. The van der Waals surface area contributed by atoms with Gasteiger partial charge in [-0.15, -0.1) is 0 Å². The fourth-order valence-electron chi connectivity index (χ4n) is 1.70. The van der Waals surface area contributed by atoms with Crippen molar-refractivity contribution in [3.63, 3.8) is 0 Å². The molecular formula is C14H14N2O5S2. The van der Waals surface area contributed by atoms with E-state index in [4.69, 9.17) is 0 Å². The van der Waals surface area contributed by atoms with Gasteiger partial charge in [0, 0.05) is 0 Å². The first-order chi connectivity index (χ1) is 10.7. The first kappa shape index (κ1) is 17.0. The first-order valence-electron chi connectivity index (χ1n) is 6.42. The zero-order valence-electron chi connectivity index (χ0n) is 12.1. The van der Waals surface area contributed by atoms with Crippen molar-refractivity contribution in [2.24, 2.45) is 0 Å². The number of nitrogens with one attached hydrogen (secondary N) is 2. The highest BCUT2D eigenvalue weighted by Gasteiger charge is 2.22. The summed E-state index contributed by atoms with van der Waals surface area (Å²) < 4.78 is 51.2. The lowest BCUT2D eigenvalue weighted by Gasteiger charge is -2.09. The predicted molar refractivity (Wildman–Crippen MR) is 83.7 cm³/mol. The second-order valence-corrected chi connectivity index (χ2v) is 8.03. The van der Waals surface area contributed by atoms with E-state index in [0.717, 1.165) is 5.56 Å². The number of benzene rings is 2. The van der Waals surface area contributed by atoms with Gasteiger partial charge >= 0.3 is 6.03 Å². The average Bonchev–Trinajstić information content (AvgIpc) is 2.47. The SMILES string of the molecule is Cc1ccc(S(=O)(=O)NC(=O)NS(=O)(=O)c2ccccc2)cc1. The van der Waals surface area contributed by atoms with Gasteiger partial charge < -0.3 is 0 Å². The van der Waals surface area contributed by atoms with Crippen molar-refractivity contribution in [2.75, 3.05) is 0 Å². The number of sulfonamides is 2. The summed E-state index contributed by atoms with van der Waals surface area (Å²) in [5.41, 5.74) is 0.847. The molecule has 2 aromatic rings. The summed E-state index contributed by atoms with van der Waals surface area (Å²) in [4.78, 5) is 11.4. The number of hydrogen-bond donors (Lipinski definition) is 2. The Bertz CT molecular complexity index is 905. The van der Waals surface area contributed by atoms with Crippen LogP contribution in [0.2, 0.25) is 0 Å². The zero-order valence-corrected chi connectivity index (χ0v) is 13.7. The lowest BCUT2D eigenvalue weighted by molar-refractivity contribution is 0.250. The summed E-state index contributed by atoms with van der Waals surface area (Å²) >= 11 is 0. The van der Waals surface area contributed by atoms with Crippen molar-refractivity contribution < 1.29 is 21.6 Å². The molecule has 2 N–H and O–H groups in total. The van der Waals surface area contributed by atoms with Crippen molar-refractivity contribution in [3.05, 3.63) is 60.2 Å². The van der Waals surface area contributed by atoms with Gasteiger partial charge in [0.1, 0.15) is 0 Å². The number of carbonyl (C=O) groups is 1. The van der Waals surface area contributed by atoms with Crippen LogP contribution < -0.4 is 9.44 Å². The first-order valence-corrected chi connectivity index (χ1v) is 9.39. The molecule has 0 aliphatic heterocycles. The van der Waals surface area contributed by atoms with Gasteiger partial charge in [-0.2, -0.15) is 0 Å². The third-order valence-corrected chi connectivity index (χ3v) is 5.53. The Morgan fingerprint density at radius 3 is 1.65 bits per heavy atom. The number of amides is 2. The topological polar surface area (TPSA) is 109 Å². The van der Waals surface area contributed by atoms with Crippen molar-refractivity contribution >= 4 is 26.1 Å². The molecule has 0 bridgehead atoms. The maximum Gasteiger partial charge on any atom is 0.342 e. The number of aryl methyl sites for hydroxylation is 1. The molecule has 0 radical (unpaired) electrons. The van der Waals surface area contributed by atoms with Gasteiger partial charge in [0.15, 0.2) is 0 Å². The highest BCUT2D eigenvalue weighted by atomic mass is 32.2. The molecule has 0 saturated carbocycles. The molecule has 23 heavy (non-hydrogen) atoms. The summed E-state index contributed by atoms with van der Waals surface area (Å²) in [7, 11) is -8.30. The van der Waals surface area contributed by atoms with E-state index >= 15 is 0 Å². The van der Waals surface area contributed by atoms with Gasteiger partial charge in [0.2, 0.25) is 0 Å². The molecule has 2 rings (SSSR count). The van der Waals surface area contributed by atoms with E-state index in [2.05, 4.69) is 0 Å². The van der Waals surface area contributed by atoms with Crippen LogP contribution in [-0.4, -0.2) is 22.9 Å². The molecule has 7 nitrogen and oxygen atoms in total. The Labute approximate surface area is 134 Å². The van der Waals surface area contributed by atoms with Crippen LogP contribution in [0.1, 0.15) is 5.56 Å². The fraction of sp³-hybridized carbons (Fsp3) is 0.0714. The second kappa shape index (κ2) is 6.39. The lowest BCUT2D eigenvalue weighted by atomic mass is 10.2. The summed E-state index contributed by atoms with van der Waals surface area (Å²) in [6.07, 6.45) is 0. The maximum absolute atomic E-state index is 12.0. The molecule has 2 aromatic carbocycles. The molecule has 0 fully saturated rings. The van der Waals surface area contributed by atoms with Crippen LogP contribution in [0.5, 0.6) is 0 Å². The zero-order chi connectivity index (χ0) is 17.1. The number of carbonyl (C=O) groups excluding carboxylic acids is 1. The van der Waals surface area contributed by atoms with E-state index in [1.165, 1.54) is 36.4 Å². The molecule has 0 unspecified atom stereocenters. The van der Waals surface area contributed by atoms with E-state index < -0.39 is 26.1 Å². The number of rotatable bonds is 4. The van der Waals surface area contributed by atoms with Crippen molar-refractivity contribution in [2.45, 2.75) is 16.7 Å². The number of urea groups is 1. The molecule has 9 heteroatoms. The lowest BCUT2D eigenvalue weighted by Crippen LogP contribution is -2.42. The normalized spacial score (nSPS) is 11.7. The summed E-state index contributed by atoms with van der Waals surface area (Å²) in [6, 6.07) is 11.5. The molecule has 0 aliphatic rings. The molecule has 0 aromatic heterocycles. The van der Waals surface area contributed by atoms with Crippen molar-refractivity contribution in [1.29, 1.82) is 0 Å². The summed E-state index contributed by atoms with van der Waals surface area (Å²) in [6.45, 7) is 1.78. The Morgan fingerprint density at radius 2 is 1.17 bits per heavy atom. The minimum absolute atomic E-state index is 0.143. The van der Waals surface area contributed by atoms with Crippen LogP contribution in [0.15, 0.2) is 64.4 Å². The minimum atomic E-state index is -4.16. The van der Waals surface area contributed by atoms with Crippen molar-refractivity contribution in [3.8, 4) is 0 Å². The van der Waals surface area contributed by atoms with Gasteiger partial charge in [-0.05, 0) is 31.2 Å². The van der Waals surface area contributed by atoms with Crippen LogP contribution in [0.25, 0.3) is 0 Å². The Kier molecular flexibility index (Phi) is 4.71. The third kappa shape index (κ3) is 4.30. The molecule has 2 amide bonds. The summed E-state index contributed by atoms with van der Waals surface area (Å²) in [5, 5.41) is 0. The monoisotopic (exact) mass is 354 g/mol. The maximum atomic E-state index is 12.0. The smallest absolute Gasteiger partial charge is 0.247 e. The van der Waals surface area contributed by atoms with Crippen LogP contribution in [0.3, 0.4) is 0 Å². The predicted octanol–water partition coefficient (Wildman–Crippen LogP) is 1.37. The van der Waals surface area contributed by atoms with Gasteiger partial charge in [0.05, 0.1) is 9.79 Å². The Hall–Kier alpha value is -2.39. The molecule has 0 heterocycles.